The average Bonchev–Trinajstić information content (AvgIpc) is 3.37. The summed E-state index contributed by atoms with van der Waals surface area (Å²) in [4.78, 5) is 13.2. The third-order valence-electron chi connectivity index (χ3n) is 13.0. The van der Waals surface area contributed by atoms with Crippen LogP contribution in [-0.2, 0) is 33.2 Å². The van der Waals surface area contributed by atoms with Gasteiger partial charge >= 0.3 is 0 Å². The third-order valence-corrected chi connectivity index (χ3v) is 13.0. The van der Waals surface area contributed by atoms with Crippen molar-refractivity contribution in [3.05, 3.63) is 60.8 Å². The molecule has 0 radical (unpaired) electrons. The van der Waals surface area contributed by atoms with Gasteiger partial charge in [0.2, 0.25) is 5.91 Å². The Morgan fingerprint density at radius 3 is 1.53 bits per heavy atom. The van der Waals surface area contributed by atoms with E-state index in [4.69, 9.17) is 28.4 Å². The van der Waals surface area contributed by atoms with Gasteiger partial charge in [0.25, 0.3) is 0 Å². The topological polar surface area (TPSA) is 307 Å². The maximum Gasteiger partial charge on any atom is 0.220 e. The highest BCUT2D eigenvalue weighted by molar-refractivity contribution is 5.76. The van der Waals surface area contributed by atoms with E-state index in [9.17, 15) is 61.0 Å². The van der Waals surface area contributed by atoms with Crippen molar-refractivity contribution in [2.24, 2.45) is 0 Å². The number of aliphatic hydroxyl groups excluding tert-OH is 11. The molecule has 17 atom stereocenters. The van der Waals surface area contributed by atoms with E-state index in [0.717, 1.165) is 77.0 Å². The number of hydrogen-bond acceptors (Lipinski definition) is 18. The molecule has 0 saturated carbocycles. The van der Waals surface area contributed by atoms with Crippen LogP contribution in [0.25, 0.3) is 0 Å². The van der Waals surface area contributed by atoms with Gasteiger partial charge in [-0.2, -0.15) is 0 Å². The van der Waals surface area contributed by atoms with E-state index in [0.29, 0.717) is 12.8 Å². The summed E-state index contributed by atoms with van der Waals surface area (Å²) < 4.78 is 34.1. The quantitative estimate of drug-likeness (QED) is 0.0317. The van der Waals surface area contributed by atoms with Crippen LogP contribution >= 0.6 is 0 Å². The van der Waals surface area contributed by atoms with Crippen molar-refractivity contribution < 1.29 is 89.4 Å². The first-order chi connectivity index (χ1) is 34.8. The maximum absolute atomic E-state index is 13.2. The van der Waals surface area contributed by atoms with Crippen molar-refractivity contribution in [2.45, 2.75) is 240 Å². The highest BCUT2D eigenvalue weighted by Crippen LogP contribution is 2.33. The second-order valence-electron chi connectivity index (χ2n) is 19.0. The first kappa shape index (κ1) is 63.8. The standard InChI is InChI=1S/C53H91NO18/c1-3-5-7-9-11-13-15-17-19-20-22-24-26-28-30-37(58)36(54-41(59)31-29-27-25-23-21-18-16-14-12-10-8-6-4-2)35-67-51-47(65)44(62)49(39(33-56)69-51)72-53-48(66)45(63)50(40(34-57)70-53)71-52-46(64)43(61)42(60)38(32-55)68-52/h8,10,13-16,20,22,28,30,36-40,42-53,55-58,60-66H,3-7,9,11-12,17-19,21,23-27,29,31-35H2,1-2H3,(H,54,59)/b10-8-,15-13+,16-14-,22-20+,30-28+. The van der Waals surface area contributed by atoms with Crippen LogP contribution < -0.4 is 5.32 Å². The first-order valence-corrected chi connectivity index (χ1v) is 26.5. The highest BCUT2D eigenvalue weighted by atomic mass is 16.8. The smallest absolute Gasteiger partial charge is 0.220 e. The van der Waals surface area contributed by atoms with Crippen LogP contribution in [0.4, 0.5) is 0 Å². The summed E-state index contributed by atoms with van der Waals surface area (Å²) in [6.07, 6.45) is 12.2. The molecule has 3 aliphatic rings. The number of ether oxygens (including phenoxy) is 6. The Morgan fingerprint density at radius 1 is 0.500 bits per heavy atom. The van der Waals surface area contributed by atoms with Gasteiger partial charge in [0.15, 0.2) is 18.9 Å². The summed E-state index contributed by atoms with van der Waals surface area (Å²) in [5.74, 6) is -0.310. The van der Waals surface area contributed by atoms with E-state index in [1.165, 1.54) is 25.7 Å². The molecule has 0 aromatic rings. The number of aliphatic hydroxyl groups is 11. The van der Waals surface area contributed by atoms with E-state index in [2.05, 4.69) is 67.8 Å². The minimum Gasteiger partial charge on any atom is -0.394 e. The molecule has 1 amide bonds. The zero-order valence-corrected chi connectivity index (χ0v) is 42.6. The Morgan fingerprint density at radius 2 is 0.958 bits per heavy atom. The monoisotopic (exact) mass is 1030 g/mol. The number of amides is 1. The van der Waals surface area contributed by atoms with Crippen molar-refractivity contribution in [1.82, 2.24) is 5.32 Å². The Bertz CT molecular complexity index is 1560. The summed E-state index contributed by atoms with van der Waals surface area (Å²) in [5.41, 5.74) is 0. The zero-order chi connectivity index (χ0) is 52.7. The number of nitrogens with one attached hydrogen (secondary N) is 1. The van der Waals surface area contributed by atoms with Crippen LogP contribution in [-0.4, -0.2) is 193 Å². The van der Waals surface area contributed by atoms with Crippen molar-refractivity contribution in [3.63, 3.8) is 0 Å². The van der Waals surface area contributed by atoms with Crippen LogP contribution in [0.15, 0.2) is 60.8 Å². The lowest BCUT2D eigenvalue weighted by Crippen LogP contribution is -2.66. The van der Waals surface area contributed by atoms with Crippen molar-refractivity contribution in [3.8, 4) is 0 Å². The third kappa shape index (κ3) is 22.4. The molecular formula is C53H91NO18. The van der Waals surface area contributed by atoms with E-state index in [1.54, 1.807) is 6.08 Å². The predicted molar refractivity (Wildman–Crippen MR) is 268 cm³/mol. The number of carbonyl (C=O) groups excluding carboxylic acids is 1. The molecule has 0 spiro atoms. The van der Waals surface area contributed by atoms with Crippen LogP contribution in [0, 0.1) is 0 Å². The van der Waals surface area contributed by atoms with E-state index >= 15 is 0 Å². The fourth-order valence-corrected chi connectivity index (χ4v) is 8.55. The average molecular weight is 1030 g/mol. The van der Waals surface area contributed by atoms with Crippen LogP contribution in [0.2, 0.25) is 0 Å². The molecule has 3 saturated heterocycles. The number of allylic oxidation sites excluding steroid dienone is 9. The second-order valence-corrected chi connectivity index (χ2v) is 19.0. The van der Waals surface area contributed by atoms with Gasteiger partial charge in [0.1, 0.15) is 73.2 Å². The SMILES string of the molecule is CCC/C=C\C/C=C\CCCCCCCC(=O)NC(COC1OC(CO)C(OC2OC(CO)C(OC3OC(CO)C(O)C(O)C3O)C(O)C2O)C(O)C1O)C(O)/C=C/CC/C=C/CC/C=C/CCCCCC. The van der Waals surface area contributed by atoms with Gasteiger partial charge in [-0.05, 0) is 70.6 Å². The normalized spacial score (nSPS) is 32.5. The van der Waals surface area contributed by atoms with Gasteiger partial charge in [0, 0.05) is 6.42 Å². The van der Waals surface area contributed by atoms with Crippen molar-refractivity contribution in [1.29, 1.82) is 0 Å². The lowest BCUT2D eigenvalue weighted by molar-refractivity contribution is -0.379. The lowest BCUT2D eigenvalue weighted by atomic mass is 9.96. The Kier molecular flexibility index (Phi) is 33.0. The molecule has 3 fully saturated rings. The van der Waals surface area contributed by atoms with Gasteiger partial charge in [-0.3, -0.25) is 4.79 Å². The van der Waals surface area contributed by atoms with Gasteiger partial charge in [-0.25, -0.2) is 0 Å². The lowest BCUT2D eigenvalue weighted by Gasteiger charge is -2.48. The fourth-order valence-electron chi connectivity index (χ4n) is 8.55. The summed E-state index contributed by atoms with van der Waals surface area (Å²) in [6, 6.07) is -1.00. The van der Waals surface area contributed by atoms with E-state index in [-0.39, 0.29) is 18.9 Å². The molecule has 3 heterocycles. The van der Waals surface area contributed by atoms with Crippen LogP contribution in [0.3, 0.4) is 0 Å². The maximum atomic E-state index is 13.2. The fraction of sp³-hybridized carbons (Fsp3) is 0.792. The number of carbonyl (C=O) groups is 1. The summed E-state index contributed by atoms with van der Waals surface area (Å²) >= 11 is 0. The van der Waals surface area contributed by atoms with Crippen LogP contribution in [0.1, 0.15) is 136 Å². The Labute approximate surface area is 426 Å². The number of hydrogen-bond donors (Lipinski definition) is 12. The molecule has 19 heteroatoms. The molecule has 19 nitrogen and oxygen atoms in total. The molecule has 0 aromatic carbocycles. The molecule has 3 rings (SSSR count). The molecule has 0 aromatic heterocycles. The minimum atomic E-state index is -1.98. The molecule has 72 heavy (non-hydrogen) atoms. The second kappa shape index (κ2) is 37.3. The van der Waals surface area contributed by atoms with Crippen molar-refractivity contribution >= 4 is 5.91 Å². The summed E-state index contributed by atoms with van der Waals surface area (Å²) in [6.45, 7) is 1.54. The van der Waals surface area contributed by atoms with Crippen LogP contribution in [0.5, 0.6) is 0 Å². The summed E-state index contributed by atoms with van der Waals surface area (Å²) in [7, 11) is 0. The number of unbranched alkanes of at least 4 members (excludes halogenated alkanes) is 12. The van der Waals surface area contributed by atoms with Gasteiger partial charge in [-0.15, -0.1) is 0 Å². The molecule has 0 bridgehead atoms. The van der Waals surface area contributed by atoms with Gasteiger partial charge in [-0.1, -0.05) is 120 Å². The number of rotatable bonds is 36. The molecule has 12 N–H and O–H groups in total. The molecule has 416 valence electrons. The Hall–Kier alpha value is -2.51. The predicted octanol–water partition coefficient (Wildman–Crippen LogP) is 2.53. The minimum absolute atomic E-state index is 0.212. The Balaban J connectivity index is 1.58. The molecule has 0 aliphatic carbocycles. The van der Waals surface area contributed by atoms with Crippen molar-refractivity contribution in [2.75, 3.05) is 26.4 Å². The highest BCUT2D eigenvalue weighted by Gasteiger charge is 2.53. The van der Waals surface area contributed by atoms with E-state index in [1.807, 2.05) is 6.08 Å². The summed E-state index contributed by atoms with van der Waals surface area (Å²) in [5, 5.41) is 120. The largest absolute Gasteiger partial charge is 0.394 e. The molecule has 17 unspecified atom stereocenters. The van der Waals surface area contributed by atoms with Gasteiger partial charge < -0.3 is 89.9 Å². The van der Waals surface area contributed by atoms with Gasteiger partial charge in [0.05, 0.1) is 38.6 Å². The molecular weight excluding hydrogens is 939 g/mol. The van der Waals surface area contributed by atoms with E-state index < -0.39 is 124 Å². The first-order valence-electron chi connectivity index (χ1n) is 26.5. The molecule has 3 aliphatic heterocycles. The zero-order valence-electron chi connectivity index (χ0n) is 42.6.